The van der Waals surface area contributed by atoms with Gasteiger partial charge in [0, 0.05) is 38.9 Å². The Morgan fingerprint density at radius 3 is 2.74 bits per heavy atom. The lowest BCUT2D eigenvalue weighted by atomic mass is 10.0. The highest BCUT2D eigenvalue weighted by atomic mass is 19.1. The third-order valence-electron chi connectivity index (χ3n) is 4.57. The molecule has 1 aliphatic heterocycles. The molecule has 3 nitrogen and oxygen atoms in total. The van der Waals surface area contributed by atoms with Gasteiger partial charge in [-0.25, -0.2) is 4.39 Å². The Bertz CT molecular complexity index is 689. The first-order valence-electron chi connectivity index (χ1n) is 8.00. The van der Waals surface area contributed by atoms with Crippen LogP contribution in [-0.2, 0) is 6.54 Å². The fourth-order valence-corrected chi connectivity index (χ4v) is 3.26. The van der Waals surface area contributed by atoms with E-state index < -0.39 is 6.10 Å². The molecular formula is C19H23FN2O. The molecule has 3 rings (SSSR count). The largest absolute Gasteiger partial charge is 0.387 e. The summed E-state index contributed by atoms with van der Waals surface area (Å²) >= 11 is 0. The summed E-state index contributed by atoms with van der Waals surface area (Å²) < 4.78 is 13.2. The minimum absolute atomic E-state index is 0.260. The third-order valence-corrected chi connectivity index (χ3v) is 4.57. The highest BCUT2D eigenvalue weighted by molar-refractivity contribution is 5.53. The van der Waals surface area contributed by atoms with Gasteiger partial charge in [-0.2, -0.15) is 0 Å². The maximum absolute atomic E-state index is 13.2. The Labute approximate surface area is 137 Å². The Kier molecular flexibility index (Phi) is 4.64. The molecule has 0 unspecified atom stereocenters. The molecule has 2 aromatic rings. The number of halogens is 1. The minimum Gasteiger partial charge on any atom is -0.387 e. The number of aliphatic hydroxyl groups excluding tert-OH is 1. The van der Waals surface area contributed by atoms with E-state index in [0.29, 0.717) is 6.54 Å². The van der Waals surface area contributed by atoms with Crippen LogP contribution < -0.4 is 4.90 Å². The van der Waals surface area contributed by atoms with Crippen LogP contribution in [0.25, 0.3) is 0 Å². The van der Waals surface area contributed by atoms with Gasteiger partial charge in [-0.15, -0.1) is 0 Å². The van der Waals surface area contributed by atoms with Crippen molar-refractivity contribution < 1.29 is 9.50 Å². The molecule has 4 heteroatoms. The maximum Gasteiger partial charge on any atom is 0.123 e. The van der Waals surface area contributed by atoms with Gasteiger partial charge in [-0.05, 0) is 41.8 Å². The average molecular weight is 314 g/mol. The number of benzene rings is 2. The highest BCUT2D eigenvalue weighted by Gasteiger charge is 2.20. The SMILES string of the molecule is Cc1cc(F)ccc1[C@@H](O)CN1CCN(C)c2ccccc2C1. The second-order valence-corrected chi connectivity index (χ2v) is 6.30. The molecule has 1 atom stereocenters. The number of likely N-dealkylation sites (N-methyl/N-ethyl adjacent to an activating group) is 1. The predicted octanol–water partition coefficient (Wildman–Crippen LogP) is 3.12. The maximum atomic E-state index is 13.2. The van der Waals surface area contributed by atoms with E-state index in [9.17, 15) is 9.50 Å². The standard InChI is InChI=1S/C19H23FN2O/c1-14-11-16(20)7-8-17(14)19(23)13-22-10-9-21(2)18-6-4-3-5-15(18)12-22/h3-8,11,19,23H,9-10,12-13H2,1-2H3/t19-/m0/s1. The summed E-state index contributed by atoms with van der Waals surface area (Å²) in [4.78, 5) is 4.51. The van der Waals surface area contributed by atoms with Crippen LogP contribution in [0.15, 0.2) is 42.5 Å². The molecule has 0 aromatic heterocycles. The molecule has 0 spiro atoms. The topological polar surface area (TPSA) is 26.7 Å². The van der Waals surface area contributed by atoms with Crippen LogP contribution in [0, 0.1) is 12.7 Å². The molecule has 122 valence electrons. The molecule has 0 saturated carbocycles. The van der Waals surface area contributed by atoms with Gasteiger partial charge < -0.3 is 10.0 Å². The molecule has 0 radical (unpaired) electrons. The minimum atomic E-state index is -0.605. The molecule has 2 aromatic carbocycles. The van der Waals surface area contributed by atoms with Gasteiger partial charge in [0.2, 0.25) is 0 Å². The second kappa shape index (κ2) is 6.69. The second-order valence-electron chi connectivity index (χ2n) is 6.30. The molecule has 1 N–H and O–H groups in total. The van der Waals surface area contributed by atoms with Crippen molar-refractivity contribution in [2.75, 3.05) is 31.6 Å². The number of nitrogens with zero attached hydrogens (tertiary/aromatic N) is 2. The summed E-state index contributed by atoms with van der Waals surface area (Å²) in [5, 5.41) is 10.6. The van der Waals surface area contributed by atoms with Crippen molar-refractivity contribution in [1.29, 1.82) is 0 Å². The van der Waals surface area contributed by atoms with E-state index in [1.165, 1.54) is 23.4 Å². The number of β-amino-alcohol motifs (C(OH)–C–C–N with tert-alkyl or cyclic N) is 1. The Hall–Kier alpha value is -1.91. The molecule has 1 heterocycles. The van der Waals surface area contributed by atoms with Crippen LogP contribution in [0.1, 0.15) is 22.8 Å². The summed E-state index contributed by atoms with van der Waals surface area (Å²) in [6.07, 6.45) is -0.605. The van der Waals surface area contributed by atoms with E-state index in [-0.39, 0.29) is 5.82 Å². The van der Waals surface area contributed by atoms with Crippen molar-refractivity contribution in [3.05, 3.63) is 65.0 Å². The van der Waals surface area contributed by atoms with Crippen molar-refractivity contribution in [1.82, 2.24) is 4.90 Å². The first kappa shape index (κ1) is 16.0. The van der Waals surface area contributed by atoms with Gasteiger partial charge in [0.1, 0.15) is 5.82 Å². The first-order valence-corrected chi connectivity index (χ1v) is 8.00. The Balaban J connectivity index is 1.75. The van der Waals surface area contributed by atoms with Crippen molar-refractivity contribution in [2.45, 2.75) is 19.6 Å². The van der Waals surface area contributed by atoms with Gasteiger partial charge in [-0.3, -0.25) is 4.90 Å². The van der Waals surface area contributed by atoms with Crippen LogP contribution in [0.3, 0.4) is 0 Å². The van der Waals surface area contributed by atoms with Crippen LogP contribution in [-0.4, -0.2) is 36.7 Å². The van der Waals surface area contributed by atoms with E-state index in [2.05, 4.69) is 41.1 Å². The zero-order chi connectivity index (χ0) is 16.4. The van der Waals surface area contributed by atoms with E-state index in [1.54, 1.807) is 6.07 Å². The van der Waals surface area contributed by atoms with Crippen molar-refractivity contribution in [3.63, 3.8) is 0 Å². The smallest absolute Gasteiger partial charge is 0.123 e. The zero-order valence-corrected chi connectivity index (χ0v) is 13.7. The van der Waals surface area contributed by atoms with E-state index in [1.807, 2.05) is 6.92 Å². The van der Waals surface area contributed by atoms with Gasteiger partial charge in [0.05, 0.1) is 6.10 Å². The van der Waals surface area contributed by atoms with Crippen molar-refractivity contribution in [2.24, 2.45) is 0 Å². The fourth-order valence-electron chi connectivity index (χ4n) is 3.26. The fraction of sp³-hybridized carbons (Fsp3) is 0.368. The van der Waals surface area contributed by atoms with Crippen molar-refractivity contribution in [3.8, 4) is 0 Å². The number of aryl methyl sites for hydroxylation is 1. The number of anilines is 1. The lowest BCUT2D eigenvalue weighted by molar-refractivity contribution is 0.111. The normalized spacial score (nSPS) is 16.8. The zero-order valence-electron chi connectivity index (χ0n) is 13.7. The van der Waals surface area contributed by atoms with Crippen LogP contribution in [0.2, 0.25) is 0 Å². The lowest BCUT2D eigenvalue weighted by Crippen LogP contribution is -2.32. The van der Waals surface area contributed by atoms with Crippen LogP contribution >= 0.6 is 0 Å². The van der Waals surface area contributed by atoms with Gasteiger partial charge in [0.15, 0.2) is 0 Å². The van der Waals surface area contributed by atoms with Crippen LogP contribution in [0.5, 0.6) is 0 Å². The lowest BCUT2D eigenvalue weighted by Gasteiger charge is -2.24. The molecule has 23 heavy (non-hydrogen) atoms. The molecular weight excluding hydrogens is 291 g/mol. The molecule has 0 saturated heterocycles. The molecule has 0 bridgehead atoms. The number of rotatable bonds is 3. The Morgan fingerprint density at radius 2 is 1.96 bits per heavy atom. The first-order chi connectivity index (χ1) is 11.0. The van der Waals surface area contributed by atoms with Gasteiger partial charge in [0.25, 0.3) is 0 Å². The number of hydrogen-bond donors (Lipinski definition) is 1. The van der Waals surface area contributed by atoms with Crippen molar-refractivity contribution >= 4 is 5.69 Å². The monoisotopic (exact) mass is 314 g/mol. The van der Waals surface area contributed by atoms with E-state index in [0.717, 1.165) is 30.8 Å². The summed E-state index contributed by atoms with van der Waals surface area (Å²) in [6.45, 7) is 5.02. The summed E-state index contributed by atoms with van der Waals surface area (Å²) in [5.74, 6) is -0.260. The highest BCUT2D eigenvalue weighted by Crippen LogP contribution is 2.26. The quantitative estimate of drug-likeness (QED) is 0.943. The third kappa shape index (κ3) is 3.54. The number of fused-ring (bicyclic) bond motifs is 1. The van der Waals surface area contributed by atoms with Gasteiger partial charge in [-0.1, -0.05) is 24.3 Å². The predicted molar refractivity (Wildman–Crippen MR) is 91.1 cm³/mol. The Morgan fingerprint density at radius 1 is 1.17 bits per heavy atom. The summed E-state index contributed by atoms with van der Waals surface area (Å²) in [6, 6.07) is 13.0. The number of hydrogen-bond acceptors (Lipinski definition) is 3. The van der Waals surface area contributed by atoms with E-state index in [4.69, 9.17) is 0 Å². The number of para-hydroxylation sites is 1. The van der Waals surface area contributed by atoms with E-state index >= 15 is 0 Å². The van der Waals surface area contributed by atoms with Crippen LogP contribution in [0.4, 0.5) is 10.1 Å². The average Bonchev–Trinajstić information content (AvgIpc) is 2.67. The summed E-state index contributed by atoms with van der Waals surface area (Å²) in [5.41, 5.74) is 4.13. The molecule has 1 aliphatic rings. The summed E-state index contributed by atoms with van der Waals surface area (Å²) in [7, 11) is 2.10. The van der Waals surface area contributed by atoms with Gasteiger partial charge >= 0.3 is 0 Å². The molecule has 0 amide bonds. The molecule has 0 aliphatic carbocycles. The number of aliphatic hydroxyl groups is 1. The molecule has 0 fully saturated rings.